The van der Waals surface area contributed by atoms with Crippen LogP contribution >= 0.6 is 15.9 Å². The highest BCUT2D eigenvalue weighted by Crippen LogP contribution is 2.28. The lowest BCUT2D eigenvalue weighted by Gasteiger charge is -2.10. The molecule has 106 valence electrons. The maximum absolute atomic E-state index is 13.2. The Morgan fingerprint density at radius 1 is 1.45 bits per heavy atom. The van der Waals surface area contributed by atoms with Crippen LogP contribution in [0.2, 0.25) is 0 Å². The summed E-state index contributed by atoms with van der Waals surface area (Å²) in [6.45, 7) is 4.59. The van der Waals surface area contributed by atoms with E-state index < -0.39 is 5.82 Å². The fraction of sp³-hybridized carbons (Fsp3) is 0.286. The molecule has 6 heteroatoms. The molecule has 0 saturated heterocycles. The van der Waals surface area contributed by atoms with Crippen molar-refractivity contribution in [2.45, 2.75) is 20.4 Å². The summed E-state index contributed by atoms with van der Waals surface area (Å²) in [6, 6.07) is 4.01. The molecular formula is C14H14BrFN2O2. The minimum Gasteiger partial charge on any atom is -0.433 e. The van der Waals surface area contributed by atoms with Gasteiger partial charge in [-0.25, -0.2) is 9.37 Å². The average molecular weight is 341 g/mol. The lowest BCUT2D eigenvalue weighted by molar-refractivity contribution is 0.427. The van der Waals surface area contributed by atoms with E-state index in [1.807, 2.05) is 13.8 Å². The van der Waals surface area contributed by atoms with Crippen molar-refractivity contribution >= 4 is 15.9 Å². The number of aromatic nitrogens is 2. The lowest BCUT2D eigenvalue weighted by atomic mass is 10.2. The fourth-order valence-electron chi connectivity index (χ4n) is 1.69. The van der Waals surface area contributed by atoms with E-state index in [9.17, 15) is 9.18 Å². The van der Waals surface area contributed by atoms with Gasteiger partial charge >= 0.3 is 5.56 Å². The molecule has 0 aliphatic rings. The molecule has 2 rings (SSSR count). The molecule has 0 unspecified atom stereocenters. The third-order valence-corrected chi connectivity index (χ3v) is 3.20. The van der Waals surface area contributed by atoms with E-state index >= 15 is 0 Å². The molecule has 1 heterocycles. The Labute approximate surface area is 124 Å². The monoisotopic (exact) mass is 340 g/mol. The average Bonchev–Trinajstić information content (AvgIpc) is 2.38. The molecule has 0 bridgehead atoms. The van der Waals surface area contributed by atoms with Gasteiger partial charge in [0.2, 0.25) is 0 Å². The first-order valence-corrected chi connectivity index (χ1v) is 6.95. The van der Waals surface area contributed by atoms with Crippen molar-refractivity contribution < 1.29 is 9.13 Å². The van der Waals surface area contributed by atoms with Gasteiger partial charge in [-0.2, -0.15) is 0 Å². The molecule has 20 heavy (non-hydrogen) atoms. The van der Waals surface area contributed by atoms with Gasteiger partial charge in [-0.05, 0) is 34.0 Å². The minimum absolute atomic E-state index is 0.0700. The van der Waals surface area contributed by atoms with Gasteiger partial charge in [0.05, 0.1) is 4.47 Å². The van der Waals surface area contributed by atoms with Gasteiger partial charge < -0.3 is 9.30 Å². The van der Waals surface area contributed by atoms with Crippen LogP contribution in [0.1, 0.15) is 13.8 Å². The van der Waals surface area contributed by atoms with Gasteiger partial charge in [0.25, 0.3) is 5.88 Å². The smallest absolute Gasteiger partial charge is 0.313 e. The molecule has 1 aromatic carbocycles. The first-order valence-electron chi connectivity index (χ1n) is 6.15. The molecule has 0 aliphatic carbocycles. The van der Waals surface area contributed by atoms with Crippen LogP contribution < -0.4 is 10.3 Å². The quantitative estimate of drug-likeness (QED) is 0.854. The van der Waals surface area contributed by atoms with Gasteiger partial charge in [0.15, 0.2) is 0 Å². The summed E-state index contributed by atoms with van der Waals surface area (Å²) < 4.78 is 20.7. The maximum atomic E-state index is 13.2. The number of ether oxygens (including phenoxy) is 1. The molecule has 0 atom stereocenters. The molecule has 1 aromatic heterocycles. The van der Waals surface area contributed by atoms with Crippen LogP contribution in [0.5, 0.6) is 11.6 Å². The SMILES string of the molecule is CC(C)Cn1ccnc(Oc2cc(F)ccc2Br)c1=O. The Kier molecular flexibility index (Phi) is 4.54. The van der Waals surface area contributed by atoms with Gasteiger partial charge in [0, 0.05) is 25.0 Å². The summed E-state index contributed by atoms with van der Waals surface area (Å²) in [4.78, 5) is 16.1. The lowest BCUT2D eigenvalue weighted by Crippen LogP contribution is -2.23. The third-order valence-electron chi connectivity index (χ3n) is 2.54. The number of nitrogens with zero attached hydrogens (tertiary/aromatic N) is 2. The van der Waals surface area contributed by atoms with Crippen LogP contribution in [0.15, 0.2) is 39.9 Å². The zero-order chi connectivity index (χ0) is 14.7. The highest BCUT2D eigenvalue weighted by Gasteiger charge is 2.11. The van der Waals surface area contributed by atoms with Crippen molar-refractivity contribution in [2.24, 2.45) is 5.92 Å². The van der Waals surface area contributed by atoms with E-state index in [1.165, 1.54) is 29.0 Å². The predicted octanol–water partition coefficient (Wildman–Crippen LogP) is 3.59. The van der Waals surface area contributed by atoms with Crippen LogP contribution in [0, 0.1) is 11.7 Å². The van der Waals surface area contributed by atoms with E-state index in [4.69, 9.17) is 4.74 Å². The summed E-state index contributed by atoms with van der Waals surface area (Å²) in [5.41, 5.74) is -0.336. The van der Waals surface area contributed by atoms with Crippen LogP contribution in [-0.4, -0.2) is 9.55 Å². The fourth-order valence-corrected chi connectivity index (χ4v) is 2.02. The molecule has 0 fully saturated rings. The number of halogens is 2. The van der Waals surface area contributed by atoms with Crippen LogP contribution in [0.25, 0.3) is 0 Å². The highest BCUT2D eigenvalue weighted by molar-refractivity contribution is 9.10. The van der Waals surface area contributed by atoms with E-state index in [2.05, 4.69) is 20.9 Å². The normalized spacial score (nSPS) is 10.8. The highest BCUT2D eigenvalue weighted by atomic mass is 79.9. The van der Waals surface area contributed by atoms with Gasteiger partial charge in [0.1, 0.15) is 11.6 Å². The number of benzene rings is 1. The van der Waals surface area contributed by atoms with Crippen LogP contribution in [-0.2, 0) is 6.54 Å². The molecule has 4 nitrogen and oxygen atoms in total. The Balaban J connectivity index is 2.34. The van der Waals surface area contributed by atoms with Crippen LogP contribution in [0.3, 0.4) is 0 Å². The Morgan fingerprint density at radius 3 is 2.90 bits per heavy atom. The molecule has 0 N–H and O–H groups in total. The summed E-state index contributed by atoms with van der Waals surface area (Å²) in [7, 11) is 0. The van der Waals surface area contributed by atoms with Crippen molar-refractivity contribution in [3.63, 3.8) is 0 Å². The van der Waals surface area contributed by atoms with Crippen molar-refractivity contribution in [1.82, 2.24) is 9.55 Å². The molecular weight excluding hydrogens is 327 g/mol. The molecule has 2 aromatic rings. The molecule has 0 spiro atoms. The topological polar surface area (TPSA) is 44.1 Å². The van der Waals surface area contributed by atoms with E-state index in [0.717, 1.165) is 0 Å². The molecule has 0 saturated carbocycles. The van der Waals surface area contributed by atoms with Crippen molar-refractivity contribution in [2.75, 3.05) is 0 Å². The number of hydrogen-bond acceptors (Lipinski definition) is 3. The first kappa shape index (κ1) is 14.7. The summed E-state index contributed by atoms with van der Waals surface area (Å²) in [6.07, 6.45) is 3.10. The summed E-state index contributed by atoms with van der Waals surface area (Å²) in [5, 5.41) is 0. The largest absolute Gasteiger partial charge is 0.433 e. The summed E-state index contributed by atoms with van der Waals surface area (Å²) in [5.74, 6) is 0.0295. The van der Waals surface area contributed by atoms with E-state index in [-0.39, 0.29) is 17.2 Å². The second-order valence-corrected chi connectivity index (χ2v) is 5.61. The van der Waals surface area contributed by atoms with Gasteiger partial charge in [-0.3, -0.25) is 4.79 Å². The molecule has 0 radical (unpaired) electrons. The molecule has 0 amide bonds. The van der Waals surface area contributed by atoms with E-state index in [1.54, 1.807) is 6.20 Å². The van der Waals surface area contributed by atoms with E-state index in [0.29, 0.717) is 16.9 Å². The Bertz CT molecular complexity index is 670. The Morgan fingerprint density at radius 2 is 2.20 bits per heavy atom. The standard InChI is InChI=1S/C14H14BrFN2O2/c1-9(2)8-18-6-5-17-13(14(18)19)20-12-7-10(16)3-4-11(12)15/h3-7,9H,8H2,1-2H3. The number of hydrogen-bond donors (Lipinski definition) is 0. The maximum Gasteiger partial charge on any atom is 0.313 e. The second kappa shape index (κ2) is 6.17. The van der Waals surface area contributed by atoms with Crippen LogP contribution in [0.4, 0.5) is 4.39 Å². The van der Waals surface area contributed by atoms with Gasteiger partial charge in [-0.15, -0.1) is 0 Å². The second-order valence-electron chi connectivity index (χ2n) is 4.76. The Hall–Kier alpha value is -1.69. The first-order chi connectivity index (χ1) is 9.47. The summed E-state index contributed by atoms with van der Waals surface area (Å²) >= 11 is 3.24. The predicted molar refractivity (Wildman–Crippen MR) is 77.5 cm³/mol. The minimum atomic E-state index is -0.443. The number of rotatable bonds is 4. The molecule has 0 aliphatic heterocycles. The zero-order valence-electron chi connectivity index (χ0n) is 11.1. The van der Waals surface area contributed by atoms with Crippen molar-refractivity contribution in [3.05, 3.63) is 51.2 Å². The zero-order valence-corrected chi connectivity index (χ0v) is 12.7. The van der Waals surface area contributed by atoms with Crippen molar-refractivity contribution in [3.8, 4) is 11.6 Å². The van der Waals surface area contributed by atoms with Gasteiger partial charge in [-0.1, -0.05) is 13.8 Å². The third kappa shape index (κ3) is 3.45. The van der Waals surface area contributed by atoms with Crippen molar-refractivity contribution in [1.29, 1.82) is 0 Å².